The Balaban J connectivity index is 2.03. The highest BCUT2D eigenvalue weighted by Gasteiger charge is 2.19. The maximum Gasteiger partial charge on any atom is 0.244 e. The van der Waals surface area contributed by atoms with Crippen molar-refractivity contribution in [1.82, 2.24) is 4.90 Å². The molecule has 0 aliphatic heterocycles. The smallest absolute Gasteiger partial charge is 0.244 e. The van der Waals surface area contributed by atoms with Crippen molar-refractivity contribution in [2.24, 2.45) is 5.73 Å². The van der Waals surface area contributed by atoms with Crippen LogP contribution in [0.25, 0.3) is 0 Å². The summed E-state index contributed by atoms with van der Waals surface area (Å²) in [7, 11) is 1.76. The van der Waals surface area contributed by atoms with Gasteiger partial charge in [0, 0.05) is 13.6 Å². The molecule has 0 fully saturated rings. The Kier molecular flexibility index (Phi) is 5.77. The molecule has 4 nitrogen and oxygen atoms in total. The molecule has 0 bridgehead atoms. The summed E-state index contributed by atoms with van der Waals surface area (Å²) in [5.74, 6) is 0.706. The van der Waals surface area contributed by atoms with Crippen LogP contribution in [0.5, 0.6) is 5.75 Å². The standard InChI is InChI=1S/C19H24N2O2/c1-14(2)23-17-11-7-8-15(12-17)13-21(3)19(22)18(20)16-9-5-4-6-10-16/h4-12,14,18H,13,20H2,1-3H3. The zero-order valence-electron chi connectivity index (χ0n) is 13.9. The fourth-order valence-corrected chi connectivity index (χ4v) is 2.38. The summed E-state index contributed by atoms with van der Waals surface area (Å²) in [6.45, 7) is 4.47. The van der Waals surface area contributed by atoms with Gasteiger partial charge in [-0.05, 0) is 37.1 Å². The molecule has 0 saturated heterocycles. The van der Waals surface area contributed by atoms with Gasteiger partial charge in [0.25, 0.3) is 0 Å². The van der Waals surface area contributed by atoms with E-state index in [9.17, 15) is 4.79 Å². The topological polar surface area (TPSA) is 55.6 Å². The molecule has 122 valence electrons. The number of benzene rings is 2. The highest BCUT2D eigenvalue weighted by atomic mass is 16.5. The molecule has 2 aromatic rings. The average Bonchev–Trinajstić information content (AvgIpc) is 2.54. The first-order valence-corrected chi connectivity index (χ1v) is 7.78. The zero-order chi connectivity index (χ0) is 16.8. The number of likely N-dealkylation sites (N-methyl/N-ethyl adjacent to an activating group) is 1. The van der Waals surface area contributed by atoms with E-state index in [1.54, 1.807) is 11.9 Å². The number of carbonyl (C=O) groups is 1. The van der Waals surface area contributed by atoms with E-state index in [1.807, 2.05) is 68.4 Å². The monoisotopic (exact) mass is 312 g/mol. The van der Waals surface area contributed by atoms with Crippen LogP contribution in [0.15, 0.2) is 54.6 Å². The first-order valence-electron chi connectivity index (χ1n) is 7.78. The summed E-state index contributed by atoms with van der Waals surface area (Å²) >= 11 is 0. The summed E-state index contributed by atoms with van der Waals surface area (Å²) in [5, 5.41) is 0. The molecule has 2 N–H and O–H groups in total. The van der Waals surface area contributed by atoms with Crippen LogP contribution in [0.4, 0.5) is 0 Å². The Bertz CT molecular complexity index is 641. The number of amides is 1. The lowest BCUT2D eigenvalue weighted by Crippen LogP contribution is -2.35. The Morgan fingerprint density at radius 1 is 1.13 bits per heavy atom. The minimum Gasteiger partial charge on any atom is -0.491 e. The number of hydrogen-bond donors (Lipinski definition) is 1. The molecule has 0 aliphatic carbocycles. The highest BCUT2D eigenvalue weighted by molar-refractivity contribution is 5.82. The van der Waals surface area contributed by atoms with Gasteiger partial charge in [-0.1, -0.05) is 42.5 Å². The van der Waals surface area contributed by atoms with Crippen LogP contribution in [-0.4, -0.2) is 24.0 Å². The maximum absolute atomic E-state index is 12.5. The van der Waals surface area contributed by atoms with Crippen molar-refractivity contribution in [3.8, 4) is 5.75 Å². The van der Waals surface area contributed by atoms with E-state index in [-0.39, 0.29) is 12.0 Å². The van der Waals surface area contributed by atoms with Gasteiger partial charge >= 0.3 is 0 Å². The molecule has 0 heterocycles. The molecule has 4 heteroatoms. The first-order chi connectivity index (χ1) is 11.0. The van der Waals surface area contributed by atoms with E-state index in [2.05, 4.69) is 0 Å². The van der Waals surface area contributed by atoms with Gasteiger partial charge < -0.3 is 15.4 Å². The van der Waals surface area contributed by atoms with Crippen LogP contribution in [0.1, 0.15) is 31.0 Å². The summed E-state index contributed by atoms with van der Waals surface area (Å²) in [6.07, 6.45) is 0.121. The summed E-state index contributed by atoms with van der Waals surface area (Å²) in [5.41, 5.74) is 7.91. The molecular formula is C19H24N2O2. The number of nitrogens with zero attached hydrogens (tertiary/aromatic N) is 1. The van der Waals surface area contributed by atoms with Crippen molar-refractivity contribution < 1.29 is 9.53 Å². The molecule has 0 aliphatic rings. The third kappa shape index (κ3) is 4.83. The van der Waals surface area contributed by atoms with Crippen LogP contribution in [0, 0.1) is 0 Å². The van der Waals surface area contributed by atoms with Crippen molar-refractivity contribution in [1.29, 1.82) is 0 Å². The van der Waals surface area contributed by atoms with Crippen molar-refractivity contribution in [2.45, 2.75) is 32.5 Å². The normalized spacial score (nSPS) is 12.0. The van der Waals surface area contributed by atoms with Crippen LogP contribution in [0.3, 0.4) is 0 Å². The Hall–Kier alpha value is -2.33. The number of hydrogen-bond acceptors (Lipinski definition) is 3. The van der Waals surface area contributed by atoms with Gasteiger partial charge in [0.1, 0.15) is 11.8 Å². The first kappa shape index (κ1) is 17.0. The van der Waals surface area contributed by atoms with Crippen molar-refractivity contribution in [2.75, 3.05) is 7.05 Å². The maximum atomic E-state index is 12.5. The minimum atomic E-state index is -0.642. The Morgan fingerprint density at radius 3 is 2.48 bits per heavy atom. The van der Waals surface area contributed by atoms with Crippen molar-refractivity contribution in [3.63, 3.8) is 0 Å². The summed E-state index contributed by atoms with van der Waals surface area (Å²) in [6, 6.07) is 16.6. The molecule has 2 aromatic carbocycles. The predicted octanol–water partition coefficient (Wildman–Crippen LogP) is 3.13. The molecule has 0 saturated carbocycles. The molecule has 0 aromatic heterocycles. The van der Waals surface area contributed by atoms with E-state index in [0.717, 1.165) is 16.9 Å². The second kappa shape index (κ2) is 7.79. The van der Waals surface area contributed by atoms with Gasteiger partial charge in [0.05, 0.1) is 6.10 Å². The molecule has 23 heavy (non-hydrogen) atoms. The largest absolute Gasteiger partial charge is 0.491 e. The van der Waals surface area contributed by atoms with Crippen LogP contribution in [-0.2, 0) is 11.3 Å². The fraction of sp³-hybridized carbons (Fsp3) is 0.316. The zero-order valence-corrected chi connectivity index (χ0v) is 13.9. The molecule has 0 spiro atoms. The lowest BCUT2D eigenvalue weighted by Gasteiger charge is -2.22. The predicted molar refractivity (Wildman–Crippen MR) is 92.1 cm³/mol. The molecule has 1 amide bonds. The fourth-order valence-electron chi connectivity index (χ4n) is 2.38. The lowest BCUT2D eigenvalue weighted by molar-refractivity contribution is -0.131. The average molecular weight is 312 g/mol. The van der Waals surface area contributed by atoms with Gasteiger partial charge in [0.2, 0.25) is 5.91 Å². The van der Waals surface area contributed by atoms with E-state index in [4.69, 9.17) is 10.5 Å². The van der Waals surface area contributed by atoms with E-state index in [1.165, 1.54) is 0 Å². The summed E-state index contributed by atoms with van der Waals surface area (Å²) in [4.78, 5) is 14.1. The van der Waals surface area contributed by atoms with E-state index >= 15 is 0 Å². The minimum absolute atomic E-state index is 0.105. The Morgan fingerprint density at radius 2 is 1.83 bits per heavy atom. The van der Waals surface area contributed by atoms with Crippen LogP contribution < -0.4 is 10.5 Å². The molecule has 1 unspecified atom stereocenters. The highest BCUT2D eigenvalue weighted by Crippen LogP contribution is 2.18. The van der Waals surface area contributed by atoms with Gasteiger partial charge in [-0.3, -0.25) is 4.79 Å². The number of carbonyl (C=O) groups excluding carboxylic acids is 1. The second-order valence-corrected chi connectivity index (χ2v) is 5.90. The lowest BCUT2D eigenvalue weighted by atomic mass is 10.1. The van der Waals surface area contributed by atoms with Gasteiger partial charge in [0.15, 0.2) is 0 Å². The van der Waals surface area contributed by atoms with Crippen molar-refractivity contribution >= 4 is 5.91 Å². The third-order valence-electron chi connectivity index (χ3n) is 3.49. The molecule has 0 radical (unpaired) electrons. The van der Waals surface area contributed by atoms with Gasteiger partial charge in [-0.15, -0.1) is 0 Å². The second-order valence-electron chi connectivity index (χ2n) is 5.90. The quantitative estimate of drug-likeness (QED) is 0.891. The number of ether oxygens (including phenoxy) is 1. The van der Waals surface area contributed by atoms with Crippen LogP contribution in [0.2, 0.25) is 0 Å². The van der Waals surface area contributed by atoms with Gasteiger partial charge in [-0.25, -0.2) is 0 Å². The number of nitrogens with two attached hydrogens (primary N) is 1. The molecule has 1 atom stereocenters. The number of rotatable bonds is 6. The van der Waals surface area contributed by atoms with E-state index < -0.39 is 6.04 Å². The SMILES string of the molecule is CC(C)Oc1cccc(CN(C)C(=O)C(N)c2ccccc2)c1. The van der Waals surface area contributed by atoms with Crippen LogP contribution >= 0.6 is 0 Å². The third-order valence-corrected chi connectivity index (χ3v) is 3.49. The summed E-state index contributed by atoms with van der Waals surface area (Å²) < 4.78 is 5.69. The van der Waals surface area contributed by atoms with Gasteiger partial charge in [-0.2, -0.15) is 0 Å². The van der Waals surface area contributed by atoms with Crippen molar-refractivity contribution in [3.05, 3.63) is 65.7 Å². The Labute approximate surface area is 137 Å². The van der Waals surface area contributed by atoms with E-state index in [0.29, 0.717) is 6.54 Å². The molecule has 2 rings (SSSR count). The molecular weight excluding hydrogens is 288 g/mol.